The van der Waals surface area contributed by atoms with Gasteiger partial charge in [0.05, 0.1) is 24.4 Å². The standard InChI is InChI=1S/C13H26Br4O7P2/c1-10(5-14)21-25(18,22-11(2)6-15)9-20-26(19,23-12(3)7-16)24-13(4)8-17/h10-13H,5-9H2,1-4H3. The molecule has 26 heavy (non-hydrogen) atoms. The zero-order chi connectivity index (χ0) is 20.4. The van der Waals surface area contributed by atoms with Gasteiger partial charge in [0.1, 0.15) is 0 Å². The molecule has 13 heteroatoms. The number of hydrogen-bond donors (Lipinski definition) is 0. The van der Waals surface area contributed by atoms with Gasteiger partial charge < -0.3 is 9.05 Å². The quantitative estimate of drug-likeness (QED) is 0.146. The maximum absolute atomic E-state index is 13.0. The molecular weight excluding hydrogens is 650 g/mol. The molecule has 0 saturated heterocycles. The Morgan fingerprint density at radius 1 is 0.654 bits per heavy atom. The first kappa shape index (κ1) is 28.2. The van der Waals surface area contributed by atoms with E-state index in [-0.39, 0.29) is 0 Å². The minimum absolute atomic E-state index is 0.392. The van der Waals surface area contributed by atoms with Crippen molar-refractivity contribution in [2.75, 3.05) is 27.7 Å². The highest BCUT2D eigenvalue weighted by atomic mass is 79.9. The highest BCUT2D eigenvalue weighted by molar-refractivity contribution is 9.09. The van der Waals surface area contributed by atoms with Gasteiger partial charge in [-0.2, -0.15) is 0 Å². The fraction of sp³-hybridized carbons (Fsp3) is 1.00. The van der Waals surface area contributed by atoms with Crippen molar-refractivity contribution in [3.8, 4) is 0 Å². The average Bonchev–Trinajstić information content (AvgIpc) is 2.59. The van der Waals surface area contributed by atoms with Crippen LogP contribution in [0.3, 0.4) is 0 Å². The lowest BCUT2D eigenvalue weighted by Gasteiger charge is -2.27. The van der Waals surface area contributed by atoms with Crippen LogP contribution in [0.1, 0.15) is 27.7 Å². The summed E-state index contributed by atoms with van der Waals surface area (Å²) in [6, 6.07) is 0. The summed E-state index contributed by atoms with van der Waals surface area (Å²) in [4.78, 5) is 0. The molecule has 158 valence electrons. The summed E-state index contributed by atoms with van der Waals surface area (Å²) in [5.74, 6) is 0. The first-order valence-electron chi connectivity index (χ1n) is 7.84. The van der Waals surface area contributed by atoms with Crippen molar-refractivity contribution in [1.82, 2.24) is 0 Å². The minimum atomic E-state index is -3.98. The van der Waals surface area contributed by atoms with E-state index in [0.717, 1.165) is 0 Å². The van der Waals surface area contributed by atoms with Crippen LogP contribution in [-0.4, -0.2) is 52.1 Å². The Kier molecular flexibility index (Phi) is 15.4. The van der Waals surface area contributed by atoms with Crippen molar-refractivity contribution >= 4 is 79.1 Å². The number of hydrogen-bond acceptors (Lipinski definition) is 7. The SMILES string of the molecule is CC(CBr)OP(=O)(COP(=O)(OC(C)CBr)OC(C)CBr)OC(C)CBr. The van der Waals surface area contributed by atoms with Crippen molar-refractivity contribution in [2.24, 2.45) is 0 Å². The summed E-state index contributed by atoms with van der Waals surface area (Å²) in [5, 5.41) is 1.76. The predicted octanol–water partition coefficient (Wildman–Crippen LogP) is 6.46. The smallest absolute Gasteiger partial charge is 0.303 e. The lowest BCUT2D eigenvalue weighted by atomic mass is 10.5. The summed E-state index contributed by atoms with van der Waals surface area (Å²) in [7, 11) is -7.68. The van der Waals surface area contributed by atoms with Gasteiger partial charge in [0, 0.05) is 21.3 Å². The topological polar surface area (TPSA) is 80.3 Å². The van der Waals surface area contributed by atoms with Crippen LogP contribution in [0.4, 0.5) is 0 Å². The van der Waals surface area contributed by atoms with Crippen LogP contribution in [0, 0.1) is 0 Å². The normalized spacial score (nSPS) is 21.4. The number of alkyl halides is 4. The van der Waals surface area contributed by atoms with E-state index < -0.39 is 46.2 Å². The molecule has 7 nitrogen and oxygen atoms in total. The Morgan fingerprint density at radius 2 is 0.962 bits per heavy atom. The van der Waals surface area contributed by atoms with Crippen molar-refractivity contribution in [2.45, 2.75) is 52.1 Å². The van der Waals surface area contributed by atoms with E-state index in [4.69, 9.17) is 22.6 Å². The molecule has 0 aliphatic heterocycles. The van der Waals surface area contributed by atoms with Gasteiger partial charge in [-0.15, -0.1) is 0 Å². The van der Waals surface area contributed by atoms with Crippen LogP contribution in [0.25, 0.3) is 0 Å². The molecule has 0 spiro atoms. The fourth-order valence-electron chi connectivity index (χ4n) is 1.41. The van der Waals surface area contributed by atoms with Crippen LogP contribution < -0.4 is 0 Å². The monoisotopic (exact) mass is 672 g/mol. The zero-order valence-electron chi connectivity index (χ0n) is 15.1. The summed E-state index contributed by atoms with van der Waals surface area (Å²) in [5.41, 5.74) is 0. The van der Waals surface area contributed by atoms with Gasteiger partial charge in [0.15, 0.2) is 6.35 Å². The molecule has 4 unspecified atom stereocenters. The predicted molar refractivity (Wildman–Crippen MR) is 119 cm³/mol. The maximum atomic E-state index is 13.0. The Labute approximate surface area is 189 Å². The molecule has 0 aromatic carbocycles. The number of halogens is 4. The first-order valence-corrected chi connectivity index (χ1v) is 15.5. The molecule has 0 aromatic rings. The van der Waals surface area contributed by atoms with Crippen LogP contribution in [0.15, 0.2) is 0 Å². The summed E-state index contributed by atoms with van der Waals surface area (Å²) in [6.45, 7) is 6.88. The van der Waals surface area contributed by atoms with E-state index >= 15 is 0 Å². The molecule has 0 heterocycles. The highest BCUT2D eigenvalue weighted by Gasteiger charge is 2.38. The second-order valence-corrected chi connectivity index (χ2v) is 11.7. The lowest BCUT2D eigenvalue weighted by Crippen LogP contribution is -2.19. The van der Waals surface area contributed by atoms with Gasteiger partial charge in [-0.25, -0.2) is 4.57 Å². The Hall–Kier alpha value is 2.18. The number of phosphoric acid groups is 1. The summed E-state index contributed by atoms with van der Waals surface area (Å²) >= 11 is 13.0. The molecule has 0 rings (SSSR count). The van der Waals surface area contributed by atoms with E-state index in [1.807, 2.05) is 0 Å². The molecule has 0 saturated carbocycles. The molecule has 0 radical (unpaired) electrons. The zero-order valence-corrected chi connectivity index (χ0v) is 23.2. The van der Waals surface area contributed by atoms with Gasteiger partial charge in [-0.05, 0) is 27.7 Å². The van der Waals surface area contributed by atoms with Crippen LogP contribution >= 0.6 is 79.1 Å². The molecular formula is C13H26Br4O7P2. The molecule has 0 N–H and O–H groups in total. The summed E-state index contributed by atoms with van der Waals surface area (Å²) in [6.07, 6.45) is -2.21. The third-order valence-electron chi connectivity index (χ3n) is 2.54. The molecule has 0 amide bonds. The number of rotatable bonds is 15. The molecule has 0 aliphatic carbocycles. The fourth-order valence-corrected chi connectivity index (χ4v) is 6.51. The van der Waals surface area contributed by atoms with Gasteiger partial charge >= 0.3 is 15.4 Å². The Balaban J connectivity index is 5.29. The van der Waals surface area contributed by atoms with Gasteiger partial charge in [0.2, 0.25) is 0 Å². The van der Waals surface area contributed by atoms with Crippen LogP contribution in [-0.2, 0) is 31.7 Å². The van der Waals surface area contributed by atoms with Gasteiger partial charge in [0.25, 0.3) is 0 Å². The minimum Gasteiger partial charge on any atom is -0.303 e. The van der Waals surface area contributed by atoms with E-state index in [1.54, 1.807) is 27.7 Å². The maximum Gasteiger partial charge on any atom is 0.475 e. The van der Waals surface area contributed by atoms with Crippen LogP contribution in [0.2, 0.25) is 0 Å². The van der Waals surface area contributed by atoms with Crippen molar-refractivity contribution in [1.29, 1.82) is 0 Å². The second-order valence-electron chi connectivity index (χ2n) is 5.60. The molecule has 0 bridgehead atoms. The number of phosphoric ester groups is 1. The highest BCUT2D eigenvalue weighted by Crippen LogP contribution is 2.59. The van der Waals surface area contributed by atoms with E-state index in [2.05, 4.69) is 63.7 Å². The van der Waals surface area contributed by atoms with Gasteiger partial charge in [-0.3, -0.25) is 18.1 Å². The van der Waals surface area contributed by atoms with E-state index in [9.17, 15) is 9.13 Å². The van der Waals surface area contributed by atoms with Crippen LogP contribution in [0.5, 0.6) is 0 Å². The molecule has 0 aliphatic rings. The van der Waals surface area contributed by atoms with E-state index in [1.165, 1.54) is 0 Å². The third kappa shape index (κ3) is 12.0. The second kappa shape index (κ2) is 14.2. The largest absolute Gasteiger partial charge is 0.475 e. The molecule has 4 atom stereocenters. The Morgan fingerprint density at radius 3 is 1.27 bits per heavy atom. The van der Waals surface area contributed by atoms with E-state index in [0.29, 0.717) is 21.3 Å². The average molecular weight is 676 g/mol. The van der Waals surface area contributed by atoms with Crippen molar-refractivity contribution < 1.29 is 31.7 Å². The Bertz CT molecular complexity index is 411. The summed E-state index contributed by atoms with van der Waals surface area (Å²) < 4.78 is 53.2. The molecule has 0 fully saturated rings. The van der Waals surface area contributed by atoms with Crippen molar-refractivity contribution in [3.05, 3.63) is 0 Å². The van der Waals surface area contributed by atoms with Crippen molar-refractivity contribution in [3.63, 3.8) is 0 Å². The molecule has 0 aromatic heterocycles. The lowest BCUT2D eigenvalue weighted by molar-refractivity contribution is 0.0724. The first-order chi connectivity index (χ1) is 12.0. The van der Waals surface area contributed by atoms with Gasteiger partial charge in [-0.1, -0.05) is 63.7 Å². The third-order valence-corrected chi connectivity index (χ3v) is 9.88.